The first-order valence-electron chi connectivity index (χ1n) is 5.48. The Morgan fingerprint density at radius 1 is 1.28 bits per heavy atom. The molecule has 0 aliphatic carbocycles. The van der Waals surface area contributed by atoms with E-state index < -0.39 is 0 Å². The number of thiophene rings is 1. The molecular weight excluding hydrogens is 289 g/mol. The van der Waals surface area contributed by atoms with Gasteiger partial charge in [-0.25, -0.2) is 0 Å². The highest BCUT2D eigenvalue weighted by Crippen LogP contribution is 2.36. The number of benzene rings is 1. The molecule has 1 atom stereocenters. The first kappa shape index (κ1) is 13.5. The molecule has 1 aromatic carbocycles. The topological polar surface area (TPSA) is 32.3 Å². The summed E-state index contributed by atoms with van der Waals surface area (Å²) in [4.78, 5) is 0. The van der Waals surface area contributed by atoms with Crippen LogP contribution in [0.2, 0.25) is 8.67 Å². The van der Waals surface area contributed by atoms with Gasteiger partial charge in [-0.15, -0.1) is 11.3 Å². The maximum absolute atomic E-state index is 9.66. The van der Waals surface area contributed by atoms with E-state index in [4.69, 9.17) is 23.2 Å². The maximum Gasteiger partial charge on any atom is 0.120 e. The van der Waals surface area contributed by atoms with Gasteiger partial charge in [0, 0.05) is 17.3 Å². The molecule has 18 heavy (non-hydrogen) atoms. The Morgan fingerprint density at radius 3 is 2.56 bits per heavy atom. The molecule has 2 rings (SSSR count). The lowest BCUT2D eigenvalue weighted by Crippen LogP contribution is -2.05. The largest absolute Gasteiger partial charge is 0.508 e. The quantitative estimate of drug-likeness (QED) is 0.812. The van der Waals surface area contributed by atoms with Crippen LogP contribution < -0.4 is 5.32 Å². The number of phenolic OH excluding ortho intramolecular Hbond substituents is 1. The fourth-order valence-corrected chi connectivity index (χ4v) is 3.32. The van der Waals surface area contributed by atoms with Gasteiger partial charge in [0.2, 0.25) is 0 Å². The van der Waals surface area contributed by atoms with Crippen molar-refractivity contribution in [2.45, 2.75) is 19.9 Å². The van der Waals surface area contributed by atoms with E-state index in [1.807, 2.05) is 32.0 Å². The van der Waals surface area contributed by atoms with Crippen LogP contribution >= 0.6 is 34.5 Å². The van der Waals surface area contributed by atoms with Crippen molar-refractivity contribution in [1.29, 1.82) is 0 Å². The molecular formula is C13H13Cl2NOS. The van der Waals surface area contributed by atoms with E-state index >= 15 is 0 Å². The summed E-state index contributed by atoms with van der Waals surface area (Å²) in [7, 11) is 0. The molecule has 0 saturated heterocycles. The number of halogens is 2. The SMILES string of the molecule is Cc1ccc(NC(C)c2cc(Cl)sc2Cl)cc1O. The maximum atomic E-state index is 9.66. The fraction of sp³-hybridized carbons (Fsp3) is 0.231. The molecule has 0 spiro atoms. The minimum Gasteiger partial charge on any atom is -0.508 e. The lowest BCUT2D eigenvalue weighted by Gasteiger charge is -2.15. The van der Waals surface area contributed by atoms with Crippen LogP contribution in [0, 0.1) is 6.92 Å². The van der Waals surface area contributed by atoms with Crippen LogP contribution in [0.25, 0.3) is 0 Å². The van der Waals surface area contributed by atoms with E-state index in [-0.39, 0.29) is 11.8 Å². The fourth-order valence-electron chi connectivity index (χ4n) is 1.68. The first-order valence-corrected chi connectivity index (χ1v) is 7.05. The van der Waals surface area contributed by atoms with Crippen LogP contribution in [0.15, 0.2) is 24.3 Å². The summed E-state index contributed by atoms with van der Waals surface area (Å²) < 4.78 is 1.37. The molecule has 1 heterocycles. The Morgan fingerprint density at radius 2 is 2.00 bits per heavy atom. The van der Waals surface area contributed by atoms with Crippen molar-refractivity contribution in [3.8, 4) is 5.75 Å². The molecule has 0 bridgehead atoms. The van der Waals surface area contributed by atoms with Crippen molar-refractivity contribution >= 4 is 40.2 Å². The summed E-state index contributed by atoms with van der Waals surface area (Å²) in [6.45, 7) is 3.86. The van der Waals surface area contributed by atoms with Crippen molar-refractivity contribution in [2.24, 2.45) is 0 Å². The third kappa shape index (κ3) is 2.91. The molecule has 0 radical (unpaired) electrons. The van der Waals surface area contributed by atoms with Crippen molar-refractivity contribution < 1.29 is 5.11 Å². The number of rotatable bonds is 3. The zero-order valence-corrected chi connectivity index (χ0v) is 12.3. The van der Waals surface area contributed by atoms with E-state index in [1.54, 1.807) is 6.07 Å². The summed E-state index contributed by atoms with van der Waals surface area (Å²) in [5.74, 6) is 0.279. The van der Waals surface area contributed by atoms with Gasteiger partial charge < -0.3 is 10.4 Å². The van der Waals surface area contributed by atoms with Crippen LogP contribution in [0.4, 0.5) is 5.69 Å². The Labute approximate surface area is 120 Å². The molecule has 2 aromatic rings. The molecule has 2 nitrogen and oxygen atoms in total. The summed E-state index contributed by atoms with van der Waals surface area (Å²) in [6.07, 6.45) is 0. The average molecular weight is 302 g/mol. The highest BCUT2D eigenvalue weighted by Gasteiger charge is 2.13. The second-order valence-corrected chi connectivity index (χ2v) is 6.43. The highest BCUT2D eigenvalue weighted by atomic mass is 35.5. The Hall–Kier alpha value is -0.900. The molecule has 0 fully saturated rings. The highest BCUT2D eigenvalue weighted by molar-refractivity contribution is 7.20. The Bertz CT molecular complexity index is 568. The Balaban J connectivity index is 2.18. The summed E-state index contributed by atoms with van der Waals surface area (Å²) in [5, 5.41) is 12.9. The van der Waals surface area contributed by atoms with Crippen molar-refractivity contribution in [3.05, 3.63) is 44.1 Å². The van der Waals surface area contributed by atoms with Crippen molar-refractivity contribution in [3.63, 3.8) is 0 Å². The number of hydrogen-bond donors (Lipinski definition) is 2. The molecule has 0 amide bonds. The van der Waals surface area contributed by atoms with Gasteiger partial charge in [-0.1, -0.05) is 29.3 Å². The van der Waals surface area contributed by atoms with E-state index in [2.05, 4.69) is 5.32 Å². The zero-order chi connectivity index (χ0) is 13.3. The van der Waals surface area contributed by atoms with Crippen molar-refractivity contribution in [1.82, 2.24) is 0 Å². The van der Waals surface area contributed by atoms with Gasteiger partial charge in [-0.2, -0.15) is 0 Å². The minimum atomic E-state index is 0.0309. The third-order valence-corrected chi connectivity index (χ3v) is 4.26. The lowest BCUT2D eigenvalue weighted by molar-refractivity contribution is 0.471. The zero-order valence-electron chi connectivity index (χ0n) is 10.00. The standard InChI is InChI=1S/C13H13Cl2NOS/c1-7-3-4-9(5-11(7)17)16-8(2)10-6-12(14)18-13(10)15/h3-6,8,16-17H,1-2H3. The van der Waals surface area contributed by atoms with Gasteiger partial charge in [-0.3, -0.25) is 0 Å². The average Bonchev–Trinajstić information content (AvgIpc) is 2.63. The summed E-state index contributed by atoms with van der Waals surface area (Å²) >= 11 is 13.4. The second kappa shape index (κ2) is 5.39. The van der Waals surface area contributed by atoms with Gasteiger partial charge in [0.1, 0.15) is 5.75 Å². The smallest absolute Gasteiger partial charge is 0.120 e. The molecule has 0 saturated carbocycles. The molecule has 2 N–H and O–H groups in total. The van der Waals surface area contributed by atoms with Crippen LogP contribution in [-0.2, 0) is 0 Å². The van der Waals surface area contributed by atoms with Crippen LogP contribution in [-0.4, -0.2) is 5.11 Å². The van der Waals surface area contributed by atoms with E-state index in [0.717, 1.165) is 16.8 Å². The van der Waals surface area contributed by atoms with Crippen LogP contribution in [0.1, 0.15) is 24.1 Å². The van der Waals surface area contributed by atoms with Gasteiger partial charge in [0.05, 0.1) is 14.7 Å². The van der Waals surface area contributed by atoms with E-state index in [1.165, 1.54) is 11.3 Å². The molecule has 5 heteroatoms. The second-order valence-electron chi connectivity index (χ2n) is 4.15. The van der Waals surface area contributed by atoms with E-state index in [0.29, 0.717) is 8.67 Å². The lowest BCUT2D eigenvalue weighted by atomic mass is 10.1. The summed E-state index contributed by atoms with van der Waals surface area (Å²) in [6, 6.07) is 7.39. The number of aromatic hydroxyl groups is 1. The van der Waals surface area contributed by atoms with Gasteiger partial charge in [-0.05, 0) is 31.5 Å². The number of hydrogen-bond acceptors (Lipinski definition) is 3. The monoisotopic (exact) mass is 301 g/mol. The normalized spacial score (nSPS) is 12.4. The summed E-state index contributed by atoms with van der Waals surface area (Å²) in [5.41, 5.74) is 2.67. The number of phenols is 1. The molecule has 1 unspecified atom stereocenters. The molecule has 0 aliphatic heterocycles. The Kier molecular flexibility index (Phi) is 4.05. The van der Waals surface area contributed by atoms with Gasteiger partial charge in [0.25, 0.3) is 0 Å². The molecule has 0 aliphatic rings. The van der Waals surface area contributed by atoms with E-state index in [9.17, 15) is 5.11 Å². The third-order valence-electron chi connectivity index (χ3n) is 2.74. The first-order chi connectivity index (χ1) is 8.47. The predicted molar refractivity (Wildman–Crippen MR) is 79.2 cm³/mol. The van der Waals surface area contributed by atoms with Crippen LogP contribution in [0.3, 0.4) is 0 Å². The van der Waals surface area contributed by atoms with Crippen LogP contribution in [0.5, 0.6) is 5.75 Å². The minimum absolute atomic E-state index is 0.0309. The molecule has 1 aromatic heterocycles. The van der Waals surface area contributed by atoms with Gasteiger partial charge in [0.15, 0.2) is 0 Å². The molecule has 96 valence electrons. The van der Waals surface area contributed by atoms with Gasteiger partial charge >= 0.3 is 0 Å². The number of anilines is 1. The van der Waals surface area contributed by atoms with Crippen molar-refractivity contribution in [2.75, 3.05) is 5.32 Å². The number of nitrogens with one attached hydrogen (secondary N) is 1. The predicted octanol–water partition coefficient (Wildman–Crippen LogP) is 5.24. The number of aryl methyl sites for hydroxylation is 1.